The molecule has 0 aliphatic carbocycles. The highest BCUT2D eigenvalue weighted by atomic mass is 16.5. The number of benzene rings is 2. The normalized spacial score (nSPS) is 10.4. The van der Waals surface area contributed by atoms with Crippen LogP contribution in [0.2, 0.25) is 0 Å². The third-order valence-electron chi connectivity index (χ3n) is 4.01. The van der Waals surface area contributed by atoms with Crippen molar-refractivity contribution in [2.75, 3.05) is 26.4 Å². The minimum atomic E-state index is 0.619. The summed E-state index contributed by atoms with van der Waals surface area (Å²) in [4.78, 5) is 0. The highest BCUT2D eigenvalue weighted by Gasteiger charge is 1.99. The fourth-order valence-corrected chi connectivity index (χ4v) is 2.37. The van der Waals surface area contributed by atoms with Crippen LogP contribution < -0.4 is 18.9 Å². The van der Waals surface area contributed by atoms with E-state index >= 15 is 0 Å². The Bertz CT molecular complexity index is 552. The van der Waals surface area contributed by atoms with Crippen LogP contribution in [0.5, 0.6) is 23.0 Å². The number of ether oxygens (including phenoxy) is 4. The molecule has 2 aromatic carbocycles. The molecule has 148 valence electrons. The van der Waals surface area contributed by atoms with Gasteiger partial charge in [-0.1, -0.05) is 26.7 Å². The molecule has 27 heavy (non-hydrogen) atoms. The van der Waals surface area contributed by atoms with Crippen molar-refractivity contribution in [1.82, 2.24) is 0 Å². The van der Waals surface area contributed by atoms with E-state index in [9.17, 15) is 0 Å². The van der Waals surface area contributed by atoms with Gasteiger partial charge >= 0.3 is 0 Å². The predicted octanol–water partition coefficient (Wildman–Crippen LogP) is 5.89. The molecule has 4 nitrogen and oxygen atoms in total. The molecule has 0 saturated carbocycles. The maximum absolute atomic E-state index is 5.74. The van der Waals surface area contributed by atoms with E-state index in [2.05, 4.69) is 13.8 Å². The second-order valence-electron chi connectivity index (χ2n) is 6.40. The van der Waals surface area contributed by atoms with Crippen LogP contribution in [0.4, 0.5) is 0 Å². The summed E-state index contributed by atoms with van der Waals surface area (Å²) in [6.45, 7) is 7.08. The zero-order chi connectivity index (χ0) is 19.2. The van der Waals surface area contributed by atoms with Crippen molar-refractivity contribution < 1.29 is 18.9 Å². The summed E-state index contributed by atoms with van der Waals surface area (Å²) in [6.07, 6.45) is 5.25. The van der Waals surface area contributed by atoms with Gasteiger partial charge in [0.2, 0.25) is 0 Å². The molecule has 0 aliphatic rings. The van der Waals surface area contributed by atoms with Gasteiger partial charge in [0.05, 0.1) is 26.4 Å². The smallest absolute Gasteiger partial charge is 0.119 e. The summed E-state index contributed by atoms with van der Waals surface area (Å²) < 4.78 is 22.8. The van der Waals surface area contributed by atoms with Gasteiger partial charge in [-0.15, -0.1) is 0 Å². The van der Waals surface area contributed by atoms with Gasteiger partial charge < -0.3 is 18.9 Å². The van der Waals surface area contributed by atoms with Crippen LogP contribution in [0.15, 0.2) is 48.5 Å². The van der Waals surface area contributed by atoms with Gasteiger partial charge in [-0.05, 0) is 61.4 Å². The van der Waals surface area contributed by atoms with Crippen molar-refractivity contribution in [3.8, 4) is 23.0 Å². The van der Waals surface area contributed by atoms with Gasteiger partial charge in [0.15, 0.2) is 0 Å². The quantitative estimate of drug-likeness (QED) is 0.387. The van der Waals surface area contributed by atoms with E-state index in [-0.39, 0.29) is 0 Å². The molecule has 2 rings (SSSR count). The zero-order valence-corrected chi connectivity index (χ0v) is 16.6. The number of rotatable bonds is 14. The van der Waals surface area contributed by atoms with Crippen LogP contribution >= 0.6 is 0 Å². The molecule has 0 heterocycles. The Morgan fingerprint density at radius 2 is 0.704 bits per heavy atom. The first-order valence-corrected chi connectivity index (χ1v) is 10.0. The van der Waals surface area contributed by atoms with Crippen molar-refractivity contribution in [2.45, 2.75) is 46.0 Å². The molecule has 4 heteroatoms. The van der Waals surface area contributed by atoms with E-state index in [4.69, 9.17) is 18.9 Å². The van der Waals surface area contributed by atoms with Gasteiger partial charge in [-0.3, -0.25) is 0 Å². The van der Waals surface area contributed by atoms with Crippen LogP contribution in [-0.2, 0) is 0 Å². The molecule has 0 N–H and O–H groups in total. The van der Waals surface area contributed by atoms with Crippen molar-refractivity contribution >= 4 is 0 Å². The summed E-state index contributed by atoms with van der Waals surface area (Å²) in [6, 6.07) is 15.6. The molecule has 0 aromatic heterocycles. The standard InChI is InChI=1S/C23H32O4/c1-3-5-16-24-20-8-12-22(13-9-20)26-18-7-19-27-23-14-10-21(11-15-23)25-17-6-4-2/h8-15H,3-7,16-19H2,1-2H3. The van der Waals surface area contributed by atoms with Gasteiger partial charge in [-0.25, -0.2) is 0 Å². The minimum absolute atomic E-state index is 0.619. The van der Waals surface area contributed by atoms with Gasteiger partial charge in [0, 0.05) is 6.42 Å². The fraction of sp³-hybridized carbons (Fsp3) is 0.478. The van der Waals surface area contributed by atoms with E-state index in [1.807, 2.05) is 48.5 Å². The highest BCUT2D eigenvalue weighted by molar-refractivity contribution is 5.32. The van der Waals surface area contributed by atoms with Crippen LogP contribution in [0, 0.1) is 0 Å². The molecule has 0 bridgehead atoms. The molecule has 0 aliphatic heterocycles. The maximum Gasteiger partial charge on any atom is 0.119 e. The Hall–Kier alpha value is -2.36. The van der Waals surface area contributed by atoms with Gasteiger partial charge in [0.25, 0.3) is 0 Å². The third kappa shape index (κ3) is 8.72. The van der Waals surface area contributed by atoms with Crippen LogP contribution in [0.1, 0.15) is 46.0 Å². The minimum Gasteiger partial charge on any atom is -0.494 e. The second-order valence-corrected chi connectivity index (χ2v) is 6.40. The van der Waals surface area contributed by atoms with E-state index in [1.165, 1.54) is 0 Å². The number of hydrogen-bond acceptors (Lipinski definition) is 4. The largest absolute Gasteiger partial charge is 0.494 e. The first-order valence-electron chi connectivity index (χ1n) is 10.0. The second kappa shape index (κ2) is 12.9. The summed E-state index contributed by atoms with van der Waals surface area (Å²) >= 11 is 0. The van der Waals surface area contributed by atoms with E-state index < -0.39 is 0 Å². The molecule has 0 amide bonds. The molecule has 0 spiro atoms. The lowest BCUT2D eigenvalue weighted by Crippen LogP contribution is -2.05. The molecule has 0 atom stereocenters. The van der Waals surface area contributed by atoms with Gasteiger partial charge in [-0.2, -0.15) is 0 Å². The Labute approximate surface area is 163 Å². The summed E-state index contributed by atoms with van der Waals surface area (Å²) in [5.41, 5.74) is 0. The van der Waals surface area contributed by atoms with Crippen molar-refractivity contribution in [3.63, 3.8) is 0 Å². The Kier molecular flexibility index (Phi) is 10.0. The van der Waals surface area contributed by atoms with Crippen LogP contribution in [0.3, 0.4) is 0 Å². The first-order chi connectivity index (χ1) is 13.3. The fourth-order valence-electron chi connectivity index (χ4n) is 2.37. The van der Waals surface area contributed by atoms with Crippen LogP contribution in [-0.4, -0.2) is 26.4 Å². The predicted molar refractivity (Wildman–Crippen MR) is 109 cm³/mol. The van der Waals surface area contributed by atoms with Crippen molar-refractivity contribution in [1.29, 1.82) is 0 Å². The van der Waals surface area contributed by atoms with Gasteiger partial charge in [0.1, 0.15) is 23.0 Å². The lowest BCUT2D eigenvalue weighted by molar-refractivity contribution is 0.246. The lowest BCUT2D eigenvalue weighted by Gasteiger charge is -2.10. The Morgan fingerprint density at radius 1 is 0.444 bits per heavy atom. The van der Waals surface area contributed by atoms with Crippen molar-refractivity contribution in [3.05, 3.63) is 48.5 Å². The maximum atomic E-state index is 5.74. The number of unbranched alkanes of at least 4 members (excludes halogenated alkanes) is 2. The molecule has 0 fully saturated rings. The molecule has 2 aromatic rings. The van der Waals surface area contributed by atoms with Crippen molar-refractivity contribution in [2.24, 2.45) is 0 Å². The molecular formula is C23H32O4. The summed E-state index contributed by atoms with van der Waals surface area (Å²) in [5.74, 6) is 3.49. The highest BCUT2D eigenvalue weighted by Crippen LogP contribution is 2.19. The number of hydrogen-bond donors (Lipinski definition) is 0. The Morgan fingerprint density at radius 3 is 0.963 bits per heavy atom. The molecular weight excluding hydrogens is 340 g/mol. The average molecular weight is 373 g/mol. The Balaban J connectivity index is 1.58. The average Bonchev–Trinajstić information content (AvgIpc) is 2.70. The first kappa shape index (κ1) is 20.9. The molecule has 0 radical (unpaired) electrons. The van der Waals surface area contributed by atoms with Crippen LogP contribution in [0.25, 0.3) is 0 Å². The van der Waals surface area contributed by atoms with E-state index in [0.29, 0.717) is 13.2 Å². The third-order valence-corrected chi connectivity index (χ3v) is 4.01. The summed E-state index contributed by atoms with van der Waals surface area (Å²) in [7, 11) is 0. The monoisotopic (exact) mass is 372 g/mol. The topological polar surface area (TPSA) is 36.9 Å². The van der Waals surface area contributed by atoms with E-state index in [0.717, 1.165) is 68.3 Å². The molecule has 0 unspecified atom stereocenters. The summed E-state index contributed by atoms with van der Waals surface area (Å²) in [5, 5.41) is 0. The van der Waals surface area contributed by atoms with E-state index in [1.54, 1.807) is 0 Å². The lowest BCUT2D eigenvalue weighted by atomic mass is 10.3. The SMILES string of the molecule is CCCCOc1ccc(OCCCOc2ccc(OCCCC)cc2)cc1. The molecule has 0 saturated heterocycles. The zero-order valence-electron chi connectivity index (χ0n) is 16.6.